The Morgan fingerprint density at radius 1 is 0.385 bits per heavy atom. The lowest BCUT2D eigenvalue weighted by Gasteiger charge is -2.10. The SMILES string of the molecule is CCC1=C(CC)c2nc1c(-c1ccccc1)c1ccc([nH]1)c(-c1ccccc1)c1nc(c(-c3ccccc3)c3ccc([nH]3)c2-c2ccccc2)CC1. The van der Waals surface area contributed by atoms with Crippen molar-refractivity contribution < 1.29 is 0 Å². The maximum Gasteiger partial charge on any atom is 0.0771 e. The van der Waals surface area contributed by atoms with Crippen LogP contribution in [0.25, 0.3) is 77.7 Å². The third-order valence-corrected chi connectivity index (χ3v) is 10.5. The molecule has 2 aliphatic rings. The molecule has 252 valence electrons. The minimum Gasteiger partial charge on any atom is -0.354 e. The largest absolute Gasteiger partial charge is 0.354 e. The molecule has 3 aromatic heterocycles. The van der Waals surface area contributed by atoms with E-state index in [-0.39, 0.29) is 0 Å². The minimum absolute atomic E-state index is 0.849. The van der Waals surface area contributed by atoms with Crippen LogP contribution in [-0.2, 0) is 12.8 Å². The molecule has 4 nitrogen and oxygen atoms in total. The molecule has 0 saturated carbocycles. The van der Waals surface area contributed by atoms with Crippen molar-refractivity contribution in [3.63, 3.8) is 0 Å². The molecule has 8 bridgehead atoms. The van der Waals surface area contributed by atoms with Gasteiger partial charge in [-0.3, -0.25) is 4.98 Å². The van der Waals surface area contributed by atoms with E-state index < -0.39 is 0 Å². The number of nitrogens with one attached hydrogen (secondary N) is 2. The molecule has 0 atom stereocenters. The van der Waals surface area contributed by atoms with Crippen molar-refractivity contribution in [1.82, 2.24) is 19.9 Å². The lowest BCUT2D eigenvalue weighted by Crippen LogP contribution is -1.91. The van der Waals surface area contributed by atoms with Gasteiger partial charge in [-0.2, -0.15) is 0 Å². The van der Waals surface area contributed by atoms with Gasteiger partial charge in [-0.05, 0) is 83.3 Å². The molecular formula is C48H40N4. The van der Waals surface area contributed by atoms with Gasteiger partial charge < -0.3 is 9.97 Å². The predicted octanol–water partition coefficient (Wildman–Crippen LogP) is 12.5. The number of fused-ring (bicyclic) bond motifs is 8. The first-order chi connectivity index (χ1) is 25.7. The van der Waals surface area contributed by atoms with Gasteiger partial charge in [-0.1, -0.05) is 135 Å². The highest BCUT2D eigenvalue weighted by atomic mass is 14.8. The fourth-order valence-electron chi connectivity index (χ4n) is 8.17. The Bertz CT molecular complexity index is 2430. The van der Waals surface area contributed by atoms with E-state index in [1.165, 1.54) is 11.1 Å². The van der Waals surface area contributed by atoms with Crippen LogP contribution in [0.15, 0.2) is 146 Å². The molecule has 0 aliphatic carbocycles. The maximum atomic E-state index is 5.70. The summed E-state index contributed by atoms with van der Waals surface area (Å²) in [7, 11) is 0. The quantitative estimate of drug-likeness (QED) is 0.185. The number of benzene rings is 4. The third-order valence-electron chi connectivity index (χ3n) is 10.5. The number of aryl methyl sites for hydroxylation is 2. The van der Waals surface area contributed by atoms with Crippen LogP contribution >= 0.6 is 0 Å². The molecule has 0 saturated heterocycles. The summed E-state index contributed by atoms with van der Waals surface area (Å²) in [6.07, 6.45) is 3.44. The van der Waals surface area contributed by atoms with Gasteiger partial charge >= 0.3 is 0 Å². The number of aromatic nitrogens is 4. The van der Waals surface area contributed by atoms with Crippen LogP contribution in [0.5, 0.6) is 0 Å². The average molecular weight is 673 g/mol. The summed E-state index contributed by atoms with van der Waals surface area (Å²) in [5.41, 5.74) is 20.1. The molecule has 9 rings (SSSR count). The second kappa shape index (κ2) is 13.5. The number of nitrogens with zero attached hydrogens (tertiary/aromatic N) is 2. The van der Waals surface area contributed by atoms with E-state index in [0.717, 1.165) is 115 Å². The highest BCUT2D eigenvalue weighted by Crippen LogP contribution is 2.45. The number of hydrogen-bond donors (Lipinski definition) is 2. The van der Waals surface area contributed by atoms with Gasteiger partial charge in [0.2, 0.25) is 0 Å². The Hall–Kier alpha value is -6.26. The average Bonchev–Trinajstić information content (AvgIpc) is 4.03. The highest BCUT2D eigenvalue weighted by molar-refractivity contribution is 6.05. The first-order valence-electron chi connectivity index (χ1n) is 18.4. The molecule has 52 heavy (non-hydrogen) atoms. The van der Waals surface area contributed by atoms with Crippen molar-refractivity contribution in [2.75, 3.05) is 0 Å². The van der Waals surface area contributed by atoms with Crippen LogP contribution < -0.4 is 0 Å². The van der Waals surface area contributed by atoms with E-state index in [9.17, 15) is 0 Å². The Morgan fingerprint density at radius 2 is 0.692 bits per heavy atom. The summed E-state index contributed by atoms with van der Waals surface area (Å²) in [6.45, 7) is 4.52. The zero-order valence-electron chi connectivity index (χ0n) is 29.6. The molecule has 2 N–H and O–H groups in total. The number of allylic oxidation sites excluding steroid dienone is 2. The van der Waals surface area contributed by atoms with Crippen LogP contribution in [0.3, 0.4) is 0 Å². The smallest absolute Gasteiger partial charge is 0.0771 e. The van der Waals surface area contributed by atoms with Crippen molar-refractivity contribution in [3.05, 3.63) is 168 Å². The standard InChI is InChI=1S/C48H40N4/c1-3-35-36(4-2)48-46(34-23-15-8-16-24-34)42-30-28-40(51-42)44(32-19-11-6-12-20-32)38-26-25-37(49-38)43(31-17-9-5-10-18-31)39-27-29-41(50-39)45(47(35)52-48)33-21-13-7-14-22-33/h5-24,27-30,50-51H,3-4,25-26H2,1-2H3. The number of H-pyrrole nitrogens is 2. The molecule has 0 amide bonds. The van der Waals surface area contributed by atoms with Gasteiger partial charge in [0, 0.05) is 44.3 Å². The number of aromatic amines is 2. The van der Waals surface area contributed by atoms with Crippen molar-refractivity contribution >= 4 is 33.2 Å². The lowest BCUT2D eigenvalue weighted by atomic mass is 9.93. The molecule has 2 aliphatic heterocycles. The Balaban J connectivity index is 1.53. The molecule has 7 aromatic rings. The first kappa shape index (κ1) is 31.7. The summed E-state index contributed by atoms with van der Waals surface area (Å²) in [4.78, 5) is 19.1. The van der Waals surface area contributed by atoms with E-state index in [0.29, 0.717) is 0 Å². The Labute approximate surface area is 304 Å². The van der Waals surface area contributed by atoms with E-state index in [4.69, 9.17) is 9.97 Å². The Kier molecular flexibility index (Phi) is 8.21. The van der Waals surface area contributed by atoms with Crippen molar-refractivity contribution in [3.8, 4) is 44.5 Å². The normalized spacial score (nSPS) is 12.7. The van der Waals surface area contributed by atoms with Gasteiger partial charge in [0.25, 0.3) is 0 Å². The number of rotatable bonds is 6. The maximum absolute atomic E-state index is 5.70. The van der Waals surface area contributed by atoms with Gasteiger partial charge in [-0.25, -0.2) is 4.98 Å². The fourth-order valence-corrected chi connectivity index (χ4v) is 8.17. The van der Waals surface area contributed by atoms with E-state index >= 15 is 0 Å². The van der Waals surface area contributed by atoms with Crippen LogP contribution in [0.2, 0.25) is 0 Å². The molecule has 4 aromatic carbocycles. The fraction of sp³-hybridized carbons (Fsp3) is 0.125. The van der Waals surface area contributed by atoms with Crippen molar-refractivity contribution in [1.29, 1.82) is 0 Å². The molecule has 4 heteroatoms. The highest BCUT2D eigenvalue weighted by Gasteiger charge is 2.26. The third kappa shape index (κ3) is 5.48. The zero-order chi connectivity index (χ0) is 35.0. The minimum atomic E-state index is 0.849. The topological polar surface area (TPSA) is 57.4 Å². The van der Waals surface area contributed by atoms with Gasteiger partial charge in [-0.15, -0.1) is 0 Å². The lowest BCUT2D eigenvalue weighted by molar-refractivity contribution is 1.03. The van der Waals surface area contributed by atoms with Crippen LogP contribution in [-0.4, -0.2) is 19.9 Å². The molecule has 5 heterocycles. The van der Waals surface area contributed by atoms with Crippen LogP contribution in [0.4, 0.5) is 0 Å². The summed E-state index contributed by atoms with van der Waals surface area (Å²) in [5.74, 6) is 0. The summed E-state index contributed by atoms with van der Waals surface area (Å²) >= 11 is 0. The van der Waals surface area contributed by atoms with Gasteiger partial charge in [0.05, 0.1) is 22.8 Å². The number of hydrogen-bond acceptors (Lipinski definition) is 2. The molecule has 0 unspecified atom stereocenters. The second-order valence-electron chi connectivity index (χ2n) is 13.5. The van der Waals surface area contributed by atoms with Gasteiger partial charge in [0.15, 0.2) is 0 Å². The van der Waals surface area contributed by atoms with Gasteiger partial charge in [0.1, 0.15) is 0 Å². The van der Waals surface area contributed by atoms with Crippen molar-refractivity contribution in [2.45, 2.75) is 39.5 Å². The molecule has 0 radical (unpaired) electrons. The molecule has 0 spiro atoms. The summed E-state index contributed by atoms with van der Waals surface area (Å²) in [5, 5.41) is 0. The van der Waals surface area contributed by atoms with Crippen molar-refractivity contribution in [2.24, 2.45) is 0 Å². The monoisotopic (exact) mass is 672 g/mol. The molecular weight excluding hydrogens is 633 g/mol. The van der Waals surface area contributed by atoms with Crippen LogP contribution in [0.1, 0.15) is 49.5 Å². The summed E-state index contributed by atoms with van der Waals surface area (Å²) in [6, 6.07) is 51.8. The second-order valence-corrected chi connectivity index (χ2v) is 13.5. The van der Waals surface area contributed by atoms with E-state index in [1.807, 2.05) is 0 Å². The molecule has 0 fully saturated rings. The first-order valence-corrected chi connectivity index (χ1v) is 18.4. The van der Waals surface area contributed by atoms with E-state index in [1.54, 1.807) is 0 Å². The Morgan fingerprint density at radius 3 is 1.02 bits per heavy atom. The van der Waals surface area contributed by atoms with Crippen LogP contribution in [0, 0.1) is 0 Å². The zero-order valence-corrected chi connectivity index (χ0v) is 29.6. The predicted molar refractivity (Wildman–Crippen MR) is 218 cm³/mol. The summed E-state index contributed by atoms with van der Waals surface area (Å²) < 4.78 is 0. The van der Waals surface area contributed by atoms with E-state index in [2.05, 4.69) is 169 Å².